The quantitative estimate of drug-likeness (QED) is 0.399. The number of benzene rings is 1. The van der Waals surface area contributed by atoms with Gasteiger partial charge in [-0.2, -0.15) is 0 Å². The van der Waals surface area contributed by atoms with Crippen LogP contribution in [0.4, 0.5) is 0 Å². The van der Waals surface area contributed by atoms with Gasteiger partial charge in [0.2, 0.25) is 0 Å². The van der Waals surface area contributed by atoms with Crippen molar-refractivity contribution in [2.75, 3.05) is 19.8 Å². The molecule has 0 spiro atoms. The number of hydrogen-bond acceptors (Lipinski definition) is 7. The largest absolute Gasteiger partial charge is 0.744 e. The van der Waals surface area contributed by atoms with Crippen LogP contribution in [0, 0.1) is 6.92 Å². The summed E-state index contributed by atoms with van der Waals surface area (Å²) in [4.78, 5) is 14.9. The first-order valence-corrected chi connectivity index (χ1v) is 11.9. The summed E-state index contributed by atoms with van der Waals surface area (Å²) in [6.45, 7) is 4.55. The Morgan fingerprint density at radius 1 is 1.21 bits per heavy atom. The van der Waals surface area contributed by atoms with Crippen LogP contribution in [0.15, 0.2) is 64.2 Å². The van der Waals surface area contributed by atoms with Crippen LogP contribution in [0.1, 0.15) is 12.5 Å². The molecule has 2 aliphatic rings. The van der Waals surface area contributed by atoms with Gasteiger partial charge in [0.05, 0.1) is 10.6 Å². The van der Waals surface area contributed by atoms with Gasteiger partial charge < -0.3 is 9.45 Å². The summed E-state index contributed by atoms with van der Waals surface area (Å²) in [7, 11) is -2.31. The predicted molar refractivity (Wildman–Crippen MR) is 114 cm³/mol. The summed E-state index contributed by atoms with van der Waals surface area (Å²) in [5.41, 5.74) is 1.91. The number of hydrogen-bond donors (Lipinski definition) is 0. The van der Waals surface area contributed by atoms with Crippen LogP contribution in [-0.4, -0.2) is 52.6 Å². The summed E-state index contributed by atoms with van der Waals surface area (Å²) >= 11 is 3.20. The Labute approximate surface area is 174 Å². The lowest BCUT2D eigenvalue weighted by atomic mass is 10.2. The Bertz CT molecular complexity index is 975. The van der Waals surface area contributed by atoms with Gasteiger partial charge in [-0.05, 0) is 44.4 Å². The van der Waals surface area contributed by atoms with E-state index in [9.17, 15) is 17.8 Å². The summed E-state index contributed by atoms with van der Waals surface area (Å²) < 4.78 is 34.1. The molecule has 0 unspecified atom stereocenters. The second-order valence-corrected chi connectivity index (χ2v) is 9.35. The summed E-state index contributed by atoms with van der Waals surface area (Å²) in [5.74, 6) is 0.114. The van der Waals surface area contributed by atoms with Gasteiger partial charge in [-0.25, -0.2) is 13.2 Å². The van der Waals surface area contributed by atoms with E-state index in [1.54, 1.807) is 35.7 Å². The van der Waals surface area contributed by atoms with E-state index >= 15 is 0 Å². The second kappa shape index (κ2) is 9.60. The molecule has 28 heavy (non-hydrogen) atoms. The highest BCUT2D eigenvalue weighted by molar-refractivity contribution is 8.40. The average molecular weight is 439 g/mol. The van der Waals surface area contributed by atoms with Crippen LogP contribution >= 0.6 is 23.5 Å². The molecule has 0 saturated heterocycles. The molecule has 6 nitrogen and oxygen atoms in total. The number of aryl methyl sites for hydroxylation is 1. The summed E-state index contributed by atoms with van der Waals surface area (Å²) in [6, 6.07) is 5.78. The highest BCUT2D eigenvalue weighted by Gasteiger charge is 2.39. The van der Waals surface area contributed by atoms with Crippen molar-refractivity contribution in [2.24, 2.45) is 0 Å². The molecule has 0 aromatic heterocycles. The van der Waals surface area contributed by atoms with E-state index in [0.717, 1.165) is 27.1 Å². The predicted octanol–water partition coefficient (Wildman–Crippen LogP) is 3.14. The van der Waals surface area contributed by atoms with Crippen LogP contribution in [-0.2, 0) is 14.9 Å². The number of carbonyl (C=O) groups excluding carboxylic acids is 1. The average Bonchev–Trinajstić information content (AvgIpc) is 2.98. The van der Waals surface area contributed by atoms with Crippen molar-refractivity contribution in [2.45, 2.75) is 18.7 Å². The van der Waals surface area contributed by atoms with Crippen molar-refractivity contribution in [3.05, 3.63) is 64.9 Å². The molecule has 1 amide bonds. The first-order chi connectivity index (χ1) is 13.2. The smallest absolute Gasteiger partial charge is 0.429 e. The minimum atomic E-state index is -4.27. The standard InChI is InChI=1S/C12H15N2OS2.C7H8O3S/c1-4-14-11(15)10(17-12(14)16-3)9-7-5-6-8-13(9)2;1-6-2-4-7(5-3-6)11(8,9)10/h5-8H,4H2,1-3H3;2-5H,1H3,(H,8,9,10)/q+1;/p-1. The third kappa shape index (κ3) is 5.38. The summed E-state index contributed by atoms with van der Waals surface area (Å²) in [6.07, 6.45) is 9.88. The molecule has 1 aromatic rings. The van der Waals surface area contributed by atoms with E-state index < -0.39 is 10.1 Å². The Kier molecular flexibility index (Phi) is 7.70. The lowest BCUT2D eigenvalue weighted by Crippen LogP contribution is -2.21. The lowest BCUT2D eigenvalue weighted by Gasteiger charge is -2.18. The molecular formula is C19H22N2O4S3. The zero-order valence-electron chi connectivity index (χ0n) is 16.1. The van der Waals surface area contributed by atoms with Crippen molar-refractivity contribution in [3.63, 3.8) is 0 Å². The normalized spacial score (nSPS) is 19.2. The molecule has 1 aromatic carbocycles. The van der Waals surface area contributed by atoms with Gasteiger partial charge in [-0.1, -0.05) is 35.5 Å². The van der Waals surface area contributed by atoms with Gasteiger partial charge in [0.25, 0.3) is 4.38 Å². The fourth-order valence-electron chi connectivity index (χ4n) is 2.44. The monoisotopic (exact) mass is 438 g/mol. The molecule has 2 heterocycles. The van der Waals surface area contributed by atoms with E-state index in [0.29, 0.717) is 0 Å². The molecule has 3 rings (SSSR count). The third-order valence-electron chi connectivity index (χ3n) is 3.94. The number of amides is 1. The number of allylic oxidation sites excluding steroid dienone is 3. The Morgan fingerprint density at radius 3 is 2.32 bits per heavy atom. The molecule has 150 valence electrons. The lowest BCUT2D eigenvalue weighted by molar-refractivity contribution is -0.433. The fraction of sp³-hybridized carbons (Fsp3) is 0.263. The first-order valence-electron chi connectivity index (χ1n) is 8.44. The van der Waals surface area contributed by atoms with Gasteiger partial charge in [0.15, 0.2) is 11.4 Å². The van der Waals surface area contributed by atoms with Gasteiger partial charge >= 0.3 is 5.91 Å². The Balaban J connectivity index is 0.000000221. The molecule has 0 atom stereocenters. The van der Waals surface area contributed by atoms with Crippen molar-refractivity contribution in [1.29, 1.82) is 0 Å². The van der Waals surface area contributed by atoms with E-state index in [4.69, 9.17) is 0 Å². The van der Waals surface area contributed by atoms with Crippen molar-refractivity contribution < 1.29 is 22.3 Å². The Morgan fingerprint density at radius 2 is 1.86 bits per heavy atom. The van der Waals surface area contributed by atoms with E-state index in [1.165, 1.54) is 12.1 Å². The van der Waals surface area contributed by atoms with Crippen LogP contribution in [0.25, 0.3) is 0 Å². The maximum absolute atomic E-state index is 12.3. The fourth-order valence-corrected chi connectivity index (χ4v) is 4.94. The molecular weight excluding hydrogens is 416 g/mol. The number of thioether (sulfide) groups is 2. The van der Waals surface area contributed by atoms with E-state index in [-0.39, 0.29) is 10.8 Å². The minimum Gasteiger partial charge on any atom is -0.744 e. The molecule has 0 radical (unpaired) electrons. The second-order valence-electron chi connectivity index (χ2n) is 5.91. The summed E-state index contributed by atoms with van der Waals surface area (Å²) in [5, 5.41) is 0. The highest BCUT2D eigenvalue weighted by atomic mass is 32.2. The zero-order valence-corrected chi connectivity index (χ0v) is 18.5. The molecule has 9 heteroatoms. The van der Waals surface area contributed by atoms with Crippen LogP contribution in [0.2, 0.25) is 0 Å². The minimum absolute atomic E-state index is 0.114. The van der Waals surface area contributed by atoms with Crippen LogP contribution in [0.5, 0.6) is 0 Å². The molecule has 0 aliphatic carbocycles. The van der Waals surface area contributed by atoms with Gasteiger partial charge in [-0.3, -0.25) is 0 Å². The number of carbonyl (C=O) groups is 1. The van der Waals surface area contributed by atoms with Gasteiger partial charge in [0, 0.05) is 25.0 Å². The van der Waals surface area contributed by atoms with Crippen LogP contribution in [0.3, 0.4) is 0 Å². The van der Waals surface area contributed by atoms with Crippen molar-refractivity contribution >= 4 is 43.9 Å². The topological polar surface area (TPSA) is 80.5 Å². The highest BCUT2D eigenvalue weighted by Crippen LogP contribution is 2.35. The maximum Gasteiger partial charge on any atom is 0.429 e. The van der Waals surface area contributed by atoms with Crippen molar-refractivity contribution in [3.8, 4) is 0 Å². The van der Waals surface area contributed by atoms with Gasteiger partial charge in [-0.15, -0.1) is 4.58 Å². The molecule has 2 aliphatic heterocycles. The SMILES string of the molecule is CC[N+]1=C(SC)SC(=C2C=CC=CN2C)C1=O.Cc1ccc(S(=O)(=O)[O-])cc1. The van der Waals surface area contributed by atoms with Gasteiger partial charge in [0.1, 0.15) is 10.1 Å². The van der Waals surface area contributed by atoms with E-state index in [2.05, 4.69) is 0 Å². The first kappa shape index (κ1) is 22.5. The van der Waals surface area contributed by atoms with Crippen LogP contribution < -0.4 is 0 Å². The maximum atomic E-state index is 12.3. The van der Waals surface area contributed by atoms with E-state index in [1.807, 2.05) is 61.1 Å². The molecule has 0 N–H and O–H groups in total. The molecule has 0 bridgehead atoms. The van der Waals surface area contributed by atoms with Crippen molar-refractivity contribution in [1.82, 2.24) is 4.90 Å². The number of nitrogens with zero attached hydrogens (tertiary/aromatic N) is 2. The Hall–Kier alpha value is -1.81. The molecule has 0 fully saturated rings. The third-order valence-corrected chi connectivity index (χ3v) is 7.09. The number of rotatable bonds is 2. The zero-order chi connectivity index (χ0) is 20.9. The molecule has 0 saturated carbocycles. The number of likely N-dealkylation sites (N-methyl/N-ethyl adjacent to an activating group) is 2.